The summed E-state index contributed by atoms with van der Waals surface area (Å²) in [7, 11) is 5.54. The van der Waals surface area contributed by atoms with Crippen LogP contribution in [0.4, 0.5) is 21.2 Å². The molecule has 1 fully saturated rings. The van der Waals surface area contributed by atoms with Gasteiger partial charge in [0.2, 0.25) is 5.91 Å². The van der Waals surface area contributed by atoms with Crippen molar-refractivity contribution in [3.05, 3.63) is 51.7 Å². The van der Waals surface area contributed by atoms with Crippen LogP contribution in [-0.4, -0.2) is 89.2 Å². The van der Waals surface area contributed by atoms with Crippen LogP contribution in [0.1, 0.15) is 12.6 Å². The summed E-state index contributed by atoms with van der Waals surface area (Å²) in [6.07, 6.45) is 0.744. The zero-order valence-corrected chi connectivity index (χ0v) is 24.3. The predicted octanol–water partition coefficient (Wildman–Crippen LogP) is 4.29. The van der Waals surface area contributed by atoms with E-state index in [-0.39, 0.29) is 11.7 Å². The smallest absolute Gasteiger partial charge is 0.236 e. The molecule has 4 aromatic rings. The van der Waals surface area contributed by atoms with Crippen LogP contribution in [0.3, 0.4) is 0 Å². The van der Waals surface area contributed by atoms with Gasteiger partial charge in [0.25, 0.3) is 0 Å². The van der Waals surface area contributed by atoms with Gasteiger partial charge >= 0.3 is 0 Å². The SMILES string of the molecule is CCc1nc2ccc(N3CCN(CC(=O)N(C)C)CC3)nn2c1N(C)c1nc(-c2ccc(F)cc2)c(Br)s1. The zero-order valence-electron chi connectivity index (χ0n) is 21.9. The van der Waals surface area contributed by atoms with Crippen LogP contribution in [0.2, 0.25) is 0 Å². The van der Waals surface area contributed by atoms with Crippen LogP contribution in [0.5, 0.6) is 0 Å². The number of imidazole rings is 1. The summed E-state index contributed by atoms with van der Waals surface area (Å²) >= 11 is 5.15. The fourth-order valence-corrected chi connectivity index (χ4v) is 6.01. The topological polar surface area (TPSA) is 73.1 Å². The molecule has 1 aliphatic heterocycles. The Bertz CT molecular complexity index is 1450. The van der Waals surface area contributed by atoms with Crippen LogP contribution in [-0.2, 0) is 11.2 Å². The molecule has 38 heavy (non-hydrogen) atoms. The lowest BCUT2D eigenvalue weighted by molar-refractivity contribution is -0.129. The van der Waals surface area contributed by atoms with Gasteiger partial charge in [-0.15, -0.1) is 5.10 Å². The molecule has 0 bridgehead atoms. The third-order valence-corrected chi connectivity index (χ3v) is 8.48. The van der Waals surface area contributed by atoms with Crippen molar-refractivity contribution in [2.24, 2.45) is 0 Å². The number of rotatable bonds is 7. The number of amides is 1. The van der Waals surface area contributed by atoms with Crippen molar-refractivity contribution in [2.75, 3.05) is 63.7 Å². The van der Waals surface area contributed by atoms with E-state index in [1.165, 1.54) is 23.5 Å². The molecule has 0 aliphatic carbocycles. The maximum atomic E-state index is 13.4. The van der Waals surface area contributed by atoms with Gasteiger partial charge in [-0.05, 0) is 58.7 Å². The Morgan fingerprint density at radius 2 is 1.76 bits per heavy atom. The molecule has 3 aromatic heterocycles. The molecule has 9 nitrogen and oxygen atoms in total. The molecular formula is C26H30BrFN8OS. The molecule has 1 amide bonds. The van der Waals surface area contributed by atoms with Gasteiger partial charge in [0.05, 0.1) is 21.7 Å². The van der Waals surface area contributed by atoms with E-state index in [0.717, 1.165) is 75.8 Å². The van der Waals surface area contributed by atoms with E-state index < -0.39 is 0 Å². The third-order valence-electron chi connectivity index (χ3n) is 6.69. The minimum absolute atomic E-state index is 0.118. The summed E-state index contributed by atoms with van der Waals surface area (Å²) < 4.78 is 16.2. The molecule has 0 atom stereocenters. The van der Waals surface area contributed by atoms with Crippen molar-refractivity contribution in [3.63, 3.8) is 0 Å². The maximum absolute atomic E-state index is 13.4. The zero-order chi connectivity index (χ0) is 27.0. The number of piperazine rings is 1. The largest absolute Gasteiger partial charge is 0.353 e. The summed E-state index contributed by atoms with van der Waals surface area (Å²) in [4.78, 5) is 29.9. The van der Waals surface area contributed by atoms with Crippen molar-refractivity contribution in [1.82, 2.24) is 29.4 Å². The Balaban J connectivity index is 1.42. The molecule has 1 aliphatic rings. The normalized spacial score (nSPS) is 14.3. The number of nitrogens with zero attached hydrogens (tertiary/aromatic N) is 8. The first-order valence-electron chi connectivity index (χ1n) is 12.5. The second-order valence-corrected chi connectivity index (χ2v) is 11.7. The minimum atomic E-state index is -0.277. The van der Waals surface area contributed by atoms with Crippen LogP contribution in [0.15, 0.2) is 40.2 Å². The fraction of sp³-hybridized carbons (Fsp3) is 0.385. The van der Waals surface area contributed by atoms with Gasteiger partial charge in [0.15, 0.2) is 16.6 Å². The van der Waals surface area contributed by atoms with Gasteiger partial charge in [0.1, 0.15) is 11.6 Å². The number of hydrogen-bond acceptors (Lipinski definition) is 8. The van der Waals surface area contributed by atoms with Gasteiger partial charge in [-0.3, -0.25) is 9.69 Å². The lowest BCUT2D eigenvalue weighted by Gasteiger charge is -2.35. The number of halogens is 2. The van der Waals surface area contributed by atoms with Crippen molar-refractivity contribution in [1.29, 1.82) is 0 Å². The molecule has 5 rings (SSSR count). The molecule has 4 heterocycles. The second-order valence-electron chi connectivity index (χ2n) is 9.43. The first-order chi connectivity index (χ1) is 18.2. The number of fused-ring (bicyclic) bond motifs is 1. The Morgan fingerprint density at radius 3 is 2.42 bits per heavy atom. The Hall–Kier alpha value is -3.09. The number of anilines is 3. The first kappa shape index (κ1) is 26.5. The van der Waals surface area contributed by atoms with Crippen LogP contribution < -0.4 is 9.80 Å². The summed E-state index contributed by atoms with van der Waals surface area (Å²) in [5, 5.41) is 5.77. The molecule has 200 valence electrons. The third kappa shape index (κ3) is 5.25. The molecule has 0 unspecified atom stereocenters. The van der Waals surface area contributed by atoms with Crippen molar-refractivity contribution in [2.45, 2.75) is 13.3 Å². The number of thiazole rings is 1. The van der Waals surface area contributed by atoms with E-state index >= 15 is 0 Å². The monoisotopic (exact) mass is 600 g/mol. The number of aryl methyl sites for hydroxylation is 1. The van der Waals surface area contributed by atoms with E-state index in [2.05, 4.69) is 32.7 Å². The Kier molecular flexibility index (Phi) is 7.64. The van der Waals surface area contributed by atoms with Crippen molar-refractivity contribution < 1.29 is 9.18 Å². The second kappa shape index (κ2) is 11.0. The van der Waals surface area contributed by atoms with Crippen LogP contribution >= 0.6 is 27.3 Å². The number of carbonyl (C=O) groups excluding carboxylic acids is 1. The van der Waals surface area contributed by atoms with Gasteiger partial charge < -0.3 is 14.7 Å². The summed E-state index contributed by atoms with van der Waals surface area (Å²) in [6.45, 7) is 5.70. The standard InChI is InChI=1S/C26H30BrFN8OS/c1-5-19-25(33(4)26-30-23(24(27)38-26)17-6-8-18(28)9-7-17)36-20(29-19)10-11-21(31-36)35-14-12-34(13-15-35)16-22(37)32(2)3/h6-11H,5,12-16H2,1-4H3. The average molecular weight is 602 g/mol. The molecule has 0 radical (unpaired) electrons. The summed E-state index contributed by atoms with van der Waals surface area (Å²) in [5.74, 6) is 1.58. The lowest BCUT2D eigenvalue weighted by atomic mass is 10.2. The van der Waals surface area contributed by atoms with E-state index in [1.807, 2.05) is 28.6 Å². The molecule has 0 N–H and O–H groups in total. The van der Waals surface area contributed by atoms with Gasteiger partial charge in [-0.25, -0.2) is 14.4 Å². The highest BCUT2D eigenvalue weighted by Crippen LogP contribution is 2.40. The molecule has 1 saturated heterocycles. The van der Waals surface area contributed by atoms with Gasteiger partial charge in [0, 0.05) is 52.9 Å². The molecule has 12 heteroatoms. The first-order valence-corrected chi connectivity index (χ1v) is 14.1. The number of carbonyl (C=O) groups is 1. The summed E-state index contributed by atoms with van der Waals surface area (Å²) in [5.41, 5.74) is 3.31. The number of aromatic nitrogens is 4. The van der Waals surface area contributed by atoms with Crippen LogP contribution in [0.25, 0.3) is 16.9 Å². The van der Waals surface area contributed by atoms with E-state index in [9.17, 15) is 9.18 Å². The predicted molar refractivity (Wildman–Crippen MR) is 153 cm³/mol. The molecular weight excluding hydrogens is 571 g/mol. The highest BCUT2D eigenvalue weighted by atomic mass is 79.9. The quantitative estimate of drug-likeness (QED) is 0.313. The van der Waals surface area contributed by atoms with Crippen molar-refractivity contribution >= 4 is 55.6 Å². The minimum Gasteiger partial charge on any atom is -0.353 e. The van der Waals surface area contributed by atoms with Gasteiger partial charge in [-0.2, -0.15) is 4.52 Å². The van der Waals surface area contributed by atoms with Crippen molar-refractivity contribution in [3.8, 4) is 11.3 Å². The molecule has 0 spiro atoms. The number of likely N-dealkylation sites (N-methyl/N-ethyl adjacent to an activating group) is 1. The molecule has 0 saturated carbocycles. The average Bonchev–Trinajstić information content (AvgIpc) is 3.49. The number of benzene rings is 1. The van der Waals surface area contributed by atoms with Crippen LogP contribution in [0, 0.1) is 5.82 Å². The highest BCUT2D eigenvalue weighted by molar-refractivity contribution is 9.11. The van der Waals surface area contributed by atoms with Gasteiger partial charge in [-0.1, -0.05) is 18.3 Å². The lowest BCUT2D eigenvalue weighted by Crippen LogP contribution is -2.49. The maximum Gasteiger partial charge on any atom is 0.236 e. The Morgan fingerprint density at radius 1 is 1.05 bits per heavy atom. The number of hydrogen-bond donors (Lipinski definition) is 0. The fourth-order valence-electron chi connectivity index (χ4n) is 4.48. The Labute approximate surface area is 233 Å². The summed E-state index contributed by atoms with van der Waals surface area (Å²) in [6, 6.07) is 10.4. The van der Waals surface area contributed by atoms with E-state index in [1.54, 1.807) is 31.1 Å². The molecule has 1 aromatic carbocycles. The highest BCUT2D eigenvalue weighted by Gasteiger charge is 2.24. The van der Waals surface area contributed by atoms with E-state index in [4.69, 9.17) is 15.1 Å². The van der Waals surface area contributed by atoms with E-state index in [0.29, 0.717) is 6.54 Å².